The smallest absolute Gasteiger partial charge is 0.161 e. The molecule has 3 aromatic rings. The maximum atomic E-state index is 11.6. The molecule has 2 aromatic carbocycles. The van der Waals surface area contributed by atoms with Gasteiger partial charge in [0, 0.05) is 11.1 Å². The largest absolute Gasteiger partial charge is 0.294 e. The summed E-state index contributed by atoms with van der Waals surface area (Å²) in [5, 5.41) is 0. The molecule has 0 fully saturated rings. The number of carbonyl (C=O) groups excluding carboxylic acids is 1. The fourth-order valence-electron chi connectivity index (χ4n) is 2.19. The number of ketones is 1. The SMILES string of the molecule is CC(=O)c1ccc(-c2ccc(C)cc2)c2ncsc12. The Morgan fingerprint density at radius 1 is 1.11 bits per heavy atom. The van der Waals surface area contributed by atoms with Crippen LogP contribution in [0.4, 0.5) is 0 Å². The molecule has 0 saturated carbocycles. The Labute approximate surface area is 115 Å². The summed E-state index contributed by atoms with van der Waals surface area (Å²) in [7, 11) is 0. The highest BCUT2D eigenvalue weighted by atomic mass is 32.1. The van der Waals surface area contributed by atoms with E-state index in [1.807, 2.05) is 12.1 Å². The highest BCUT2D eigenvalue weighted by Crippen LogP contribution is 2.32. The average molecular weight is 267 g/mol. The molecule has 0 aliphatic rings. The second kappa shape index (κ2) is 4.59. The molecule has 0 amide bonds. The van der Waals surface area contributed by atoms with Crippen LogP contribution < -0.4 is 0 Å². The van der Waals surface area contributed by atoms with Crippen LogP contribution in [0, 0.1) is 6.92 Å². The first-order valence-electron chi connectivity index (χ1n) is 6.11. The van der Waals surface area contributed by atoms with Crippen molar-refractivity contribution in [2.45, 2.75) is 13.8 Å². The highest BCUT2D eigenvalue weighted by molar-refractivity contribution is 7.17. The van der Waals surface area contributed by atoms with E-state index in [0.29, 0.717) is 0 Å². The maximum absolute atomic E-state index is 11.6. The number of aryl methyl sites for hydroxylation is 1. The summed E-state index contributed by atoms with van der Waals surface area (Å²) in [6.07, 6.45) is 0. The molecule has 1 aromatic heterocycles. The van der Waals surface area contributed by atoms with Gasteiger partial charge in [0.05, 0.1) is 15.7 Å². The number of Topliss-reactive ketones (excluding diaryl/α,β-unsaturated/α-hetero) is 1. The van der Waals surface area contributed by atoms with Gasteiger partial charge in [0.2, 0.25) is 0 Å². The van der Waals surface area contributed by atoms with Crippen LogP contribution in [0.25, 0.3) is 21.3 Å². The van der Waals surface area contributed by atoms with Crippen molar-refractivity contribution in [3.8, 4) is 11.1 Å². The minimum atomic E-state index is 0.0877. The fraction of sp³-hybridized carbons (Fsp3) is 0.125. The van der Waals surface area contributed by atoms with E-state index in [2.05, 4.69) is 36.2 Å². The molecule has 0 aliphatic heterocycles. The van der Waals surface area contributed by atoms with Gasteiger partial charge in [-0.15, -0.1) is 11.3 Å². The molecule has 19 heavy (non-hydrogen) atoms. The van der Waals surface area contributed by atoms with Crippen LogP contribution in [0.5, 0.6) is 0 Å². The Hall–Kier alpha value is -2.00. The molecule has 0 unspecified atom stereocenters. The van der Waals surface area contributed by atoms with Crippen molar-refractivity contribution in [3.05, 3.63) is 53.0 Å². The lowest BCUT2D eigenvalue weighted by Gasteiger charge is -2.06. The molecule has 3 rings (SSSR count). The lowest BCUT2D eigenvalue weighted by Crippen LogP contribution is -1.93. The normalized spacial score (nSPS) is 10.8. The van der Waals surface area contributed by atoms with E-state index < -0.39 is 0 Å². The van der Waals surface area contributed by atoms with Crippen LogP contribution >= 0.6 is 11.3 Å². The Morgan fingerprint density at radius 3 is 2.53 bits per heavy atom. The van der Waals surface area contributed by atoms with Crippen LogP contribution in [0.3, 0.4) is 0 Å². The summed E-state index contributed by atoms with van der Waals surface area (Å²) < 4.78 is 0.977. The number of nitrogens with zero attached hydrogens (tertiary/aromatic N) is 1. The van der Waals surface area contributed by atoms with Gasteiger partial charge in [0.1, 0.15) is 0 Å². The van der Waals surface area contributed by atoms with Gasteiger partial charge >= 0.3 is 0 Å². The first kappa shape index (κ1) is 12.1. The predicted molar refractivity (Wildman–Crippen MR) is 79.8 cm³/mol. The fourth-order valence-corrected chi connectivity index (χ4v) is 3.07. The van der Waals surface area contributed by atoms with Crippen LogP contribution in [0.15, 0.2) is 41.9 Å². The van der Waals surface area contributed by atoms with E-state index in [0.717, 1.165) is 26.9 Å². The Morgan fingerprint density at radius 2 is 1.84 bits per heavy atom. The lowest BCUT2D eigenvalue weighted by molar-refractivity contribution is 0.101. The second-order valence-electron chi connectivity index (χ2n) is 4.61. The van der Waals surface area contributed by atoms with E-state index >= 15 is 0 Å². The monoisotopic (exact) mass is 267 g/mol. The lowest BCUT2D eigenvalue weighted by atomic mass is 10.0. The summed E-state index contributed by atoms with van der Waals surface area (Å²) in [5.74, 6) is 0.0877. The van der Waals surface area contributed by atoms with Crippen molar-refractivity contribution >= 4 is 27.3 Å². The molecule has 0 radical (unpaired) electrons. The van der Waals surface area contributed by atoms with Gasteiger partial charge < -0.3 is 0 Å². The third kappa shape index (κ3) is 2.06. The zero-order valence-corrected chi connectivity index (χ0v) is 11.6. The number of fused-ring (bicyclic) bond motifs is 1. The first-order chi connectivity index (χ1) is 9.16. The number of hydrogen-bond acceptors (Lipinski definition) is 3. The van der Waals surface area contributed by atoms with Crippen molar-refractivity contribution in [2.24, 2.45) is 0 Å². The van der Waals surface area contributed by atoms with E-state index in [4.69, 9.17) is 0 Å². The molecule has 1 heterocycles. The molecule has 94 valence electrons. The Bertz CT molecular complexity index is 756. The van der Waals surface area contributed by atoms with Gasteiger partial charge in [-0.1, -0.05) is 35.9 Å². The van der Waals surface area contributed by atoms with E-state index in [-0.39, 0.29) is 5.78 Å². The molecule has 0 N–H and O–H groups in total. The van der Waals surface area contributed by atoms with Gasteiger partial charge in [-0.05, 0) is 25.5 Å². The number of carbonyl (C=O) groups is 1. The molecule has 3 heteroatoms. The first-order valence-corrected chi connectivity index (χ1v) is 6.99. The van der Waals surface area contributed by atoms with Crippen molar-refractivity contribution in [2.75, 3.05) is 0 Å². The Kier molecular flexibility index (Phi) is 2.91. The molecular weight excluding hydrogens is 254 g/mol. The third-order valence-electron chi connectivity index (χ3n) is 3.23. The molecule has 0 bridgehead atoms. The van der Waals surface area contributed by atoms with Crippen LogP contribution in [-0.2, 0) is 0 Å². The van der Waals surface area contributed by atoms with Crippen LogP contribution in [0.2, 0.25) is 0 Å². The predicted octanol–water partition coefficient (Wildman–Crippen LogP) is 4.47. The van der Waals surface area contributed by atoms with Gasteiger partial charge in [0.15, 0.2) is 5.78 Å². The summed E-state index contributed by atoms with van der Waals surface area (Å²) in [5.41, 5.74) is 6.93. The zero-order valence-electron chi connectivity index (χ0n) is 10.8. The molecule has 0 aliphatic carbocycles. The van der Waals surface area contributed by atoms with Gasteiger partial charge in [0.25, 0.3) is 0 Å². The summed E-state index contributed by atoms with van der Waals surface area (Å²) >= 11 is 1.52. The van der Waals surface area contributed by atoms with Gasteiger partial charge in [-0.3, -0.25) is 4.79 Å². The van der Waals surface area contributed by atoms with E-state index in [9.17, 15) is 4.79 Å². The second-order valence-corrected chi connectivity index (χ2v) is 5.47. The van der Waals surface area contributed by atoms with Gasteiger partial charge in [-0.25, -0.2) is 4.98 Å². The number of aromatic nitrogens is 1. The van der Waals surface area contributed by atoms with Gasteiger partial charge in [-0.2, -0.15) is 0 Å². The maximum Gasteiger partial charge on any atom is 0.161 e. The molecule has 0 spiro atoms. The molecule has 2 nitrogen and oxygen atoms in total. The highest BCUT2D eigenvalue weighted by Gasteiger charge is 2.12. The Balaban J connectivity index is 2.26. The standard InChI is InChI=1S/C16H13NOS/c1-10-3-5-12(6-4-10)14-8-7-13(11(2)18)16-15(14)17-9-19-16/h3-9H,1-2H3. The average Bonchev–Trinajstić information content (AvgIpc) is 2.87. The van der Waals surface area contributed by atoms with Crippen molar-refractivity contribution < 1.29 is 4.79 Å². The molecule has 0 saturated heterocycles. The minimum absolute atomic E-state index is 0.0877. The molecular formula is C16H13NOS. The quantitative estimate of drug-likeness (QED) is 0.641. The summed E-state index contributed by atoms with van der Waals surface area (Å²) in [6, 6.07) is 12.3. The van der Waals surface area contributed by atoms with Crippen molar-refractivity contribution in [1.82, 2.24) is 4.98 Å². The van der Waals surface area contributed by atoms with E-state index in [1.54, 1.807) is 12.4 Å². The topological polar surface area (TPSA) is 30.0 Å². The van der Waals surface area contributed by atoms with Crippen LogP contribution in [-0.4, -0.2) is 10.8 Å². The number of thiazole rings is 1. The number of benzene rings is 2. The van der Waals surface area contributed by atoms with Crippen LogP contribution in [0.1, 0.15) is 22.8 Å². The van der Waals surface area contributed by atoms with Crippen molar-refractivity contribution in [3.63, 3.8) is 0 Å². The summed E-state index contributed by atoms with van der Waals surface area (Å²) in [4.78, 5) is 16.1. The van der Waals surface area contributed by atoms with Crippen molar-refractivity contribution in [1.29, 1.82) is 0 Å². The number of hydrogen-bond donors (Lipinski definition) is 0. The minimum Gasteiger partial charge on any atom is -0.294 e. The summed E-state index contributed by atoms with van der Waals surface area (Å²) in [6.45, 7) is 3.67. The third-order valence-corrected chi connectivity index (χ3v) is 4.09. The zero-order chi connectivity index (χ0) is 13.4. The number of rotatable bonds is 2. The van der Waals surface area contributed by atoms with E-state index in [1.165, 1.54) is 16.9 Å². The molecule has 0 atom stereocenters.